The quantitative estimate of drug-likeness (QED) is 0.668. The first kappa shape index (κ1) is 15.2. The number of nitrogens with zero attached hydrogens (tertiary/aromatic N) is 2. The first-order valence-electron chi connectivity index (χ1n) is 6.13. The van der Waals surface area contributed by atoms with Crippen molar-refractivity contribution < 1.29 is 9.59 Å². The topological polar surface area (TPSA) is 102 Å². The van der Waals surface area contributed by atoms with E-state index in [9.17, 15) is 9.59 Å². The fourth-order valence-electron chi connectivity index (χ4n) is 1.46. The van der Waals surface area contributed by atoms with Gasteiger partial charge in [0.1, 0.15) is 5.69 Å². The van der Waals surface area contributed by atoms with Gasteiger partial charge in [0.05, 0.1) is 12.9 Å². The normalized spacial score (nSPS) is 11.2. The molecule has 106 valence electrons. The number of amides is 2. The van der Waals surface area contributed by atoms with E-state index in [1.165, 1.54) is 6.33 Å². The van der Waals surface area contributed by atoms with E-state index in [1.54, 1.807) is 10.8 Å². The fraction of sp³-hybridized carbons (Fsp3) is 0.583. The van der Waals surface area contributed by atoms with E-state index in [2.05, 4.69) is 15.6 Å². The van der Waals surface area contributed by atoms with Crippen LogP contribution in [0.15, 0.2) is 12.5 Å². The van der Waals surface area contributed by atoms with Crippen LogP contribution < -0.4 is 16.4 Å². The van der Waals surface area contributed by atoms with Gasteiger partial charge in [0, 0.05) is 24.8 Å². The fourth-order valence-corrected chi connectivity index (χ4v) is 1.46. The van der Waals surface area contributed by atoms with Gasteiger partial charge in [0.2, 0.25) is 5.91 Å². The van der Waals surface area contributed by atoms with Gasteiger partial charge in [-0.2, -0.15) is 0 Å². The molecule has 1 rings (SSSR count). The average Bonchev–Trinajstić information content (AvgIpc) is 2.73. The molecule has 7 heteroatoms. The van der Waals surface area contributed by atoms with Crippen LogP contribution in [-0.4, -0.2) is 40.0 Å². The molecule has 1 heterocycles. The summed E-state index contributed by atoms with van der Waals surface area (Å²) in [7, 11) is 0. The van der Waals surface area contributed by atoms with Crippen molar-refractivity contribution in [3.05, 3.63) is 18.2 Å². The Morgan fingerprint density at radius 3 is 2.68 bits per heavy atom. The van der Waals surface area contributed by atoms with Crippen LogP contribution in [-0.2, 0) is 11.3 Å². The molecule has 1 aromatic rings. The predicted molar refractivity (Wildman–Crippen MR) is 71.5 cm³/mol. The van der Waals surface area contributed by atoms with Crippen LogP contribution in [0, 0.1) is 0 Å². The Bertz CT molecular complexity index is 447. The molecule has 2 amide bonds. The van der Waals surface area contributed by atoms with Gasteiger partial charge in [-0.3, -0.25) is 9.59 Å². The monoisotopic (exact) mass is 267 g/mol. The summed E-state index contributed by atoms with van der Waals surface area (Å²) in [6.07, 6.45) is 3.14. The summed E-state index contributed by atoms with van der Waals surface area (Å²) in [4.78, 5) is 27.2. The van der Waals surface area contributed by atoms with Crippen molar-refractivity contribution in [2.45, 2.75) is 32.9 Å². The molecule has 4 N–H and O–H groups in total. The SMILES string of the molecule is CC(C)(C)NC(=O)CNC(=O)c1cn(CCN)cn1. The Morgan fingerprint density at radius 2 is 2.11 bits per heavy atom. The van der Waals surface area contributed by atoms with Crippen molar-refractivity contribution in [1.82, 2.24) is 20.2 Å². The molecular formula is C12H21N5O2. The summed E-state index contributed by atoms with van der Waals surface area (Å²) in [6.45, 7) is 6.64. The number of rotatable bonds is 5. The molecule has 0 aromatic carbocycles. The Kier molecular flexibility index (Phi) is 5.05. The zero-order valence-corrected chi connectivity index (χ0v) is 11.6. The van der Waals surface area contributed by atoms with Gasteiger partial charge in [-0.1, -0.05) is 0 Å². The first-order chi connectivity index (χ1) is 8.81. The van der Waals surface area contributed by atoms with Gasteiger partial charge < -0.3 is 20.9 Å². The molecule has 1 aromatic heterocycles. The van der Waals surface area contributed by atoms with Crippen LogP contribution in [0.2, 0.25) is 0 Å². The predicted octanol–water partition coefficient (Wildman–Crippen LogP) is -0.514. The number of imidazole rings is 1. The summed E-state index contributed by atoms with van der Waals surface area (Å²) in [5.74, 6) is -0.609. The molecule has 0 fully saturated rings. The lowest BCUT2D eigenvalue weighted by atomic mass is 10.1. The number of hydrogen-bond donors (Lipinski definition) is 3. The van der Waals surface area contributed by atoms with E-state index in [0.29, 0.717) is 13.1 Å². The van der Waals surface area contributed by atoms with E-state index in [0.717, 1.165) is 0 Å². The molecule has 7 nitrogen and oxygen atoms in total. The van der Waals surface area contributed by atoms with Crippen molar-refractivity contribution in [3.63, 3.8) is 0 Å². The minimum absolute atomic E-state index is 0.0696. The highest BCUT2D eigenvalue weighted by molar-refractivity contribution is 5.94. The van der Waals surface area contributed by atoms with Crippen LogP contribution in [0.3, 0.4) is 0 Å². The summed E-state index contributed by atoms with van der Waals surface area (Å²) >= 11 is 0. The van der Waals surface area contributed by atoms with Gasteiger partial charge in [-0.05, 0) is 20.8 Å². The molecule has 0 saturated carbocycles. The Hall–Kier alpha value is -1.89. The van der Waals surface area contributed by atoms with Crippen LogP contribution in [0.4, 0.5) is 0 Å². The minimum atomic E-state index is -0.375. The van der Waals surface area contributed by atoms with Crippen molar-refractivity contribution in [1.29, 1.82) is 0 Å². The van der Waals surface area contributed by atoms with Gasteiger partial charge in [0.25, 0.3) is 5.91 Å². The van der Waals surface area contributed by atoms with E-state index < -0.39 is 0 Å². The number of nitrogens with one attached hydrogen (secondary N) is 2. The highest BCUT2D eigenvalue weighted by atomic mass is 16.2. The third-order valence-corrected chi connectivity index (χ3v) is 2.18. The maximum atomic E-state index is 11.7. The third kappa shape index (κ3) is 5.52. The van der Waals surface area contributed by atoms with Crippen LogP contribution in [0.25, 0.3) is 0 Å². The maximum Gasteiger partial charge on any atom is 0.271 e. The molecule has 0 aliphatic rings. The highest BCUT2D eigenvalue weighted by Crippen LogP contribution is 1.98. The summed E-state index contributed by atoms with van der Waals surface area (Å²) in [6, 6.07) is 0. The largest absolute Gasteiger partial charge is 0.350 e. The molecule has 0 aliphatic heterocycles. The molecule has 19 heavy (non-hydrogen) atoms. The highest BCUT2D eigenvalue weighted by Gasteiger charge is 2.15. The number of carbonyl (C=O) groups excluding carboxylic acids is 2. The minimum Gasteiger partial charge on any atom is -0.350 e. The summed E-state index contributed by atoms with van der Waals surface area (Å²) in [5.41, 5.74) is 5.36. The van der Waals surface area contributed by atoms with E-state index in [-0.39, 0.29) is 29.6 Å². The van der Waals surface area contributed by atoms with Gasteiger partial charge in [-0.25, -0.2) is 4.98 Å². The second-order valence-electron chi connectivity index (χ2n) is 5.27. The van der Waals surface area contributed by atoms with Crippen molar-refractivity contribution >= 4 is 11.8 Å². The molecule has 0 atom stereocenters. The lowest BCUT2D eigenvalue weighted by molar-refractivity contribution is -0.121. The average molecular weight is 267 g/mol. The number of nitrogens with two attached hydrogens (primary N) is 1. The van der Waals surface area contributed by atoms with E-state index >= 15 is 0 Å². The van der Waals surface area contributed by atoms with Crippen LogP contribution in [0.1, 0.15) is 31.3 Å². The summed E-state index contributed by atoms with van der Waals surface area (Å²) < 4.78 is 1.73. The molecule has 0 unspecified atom stereocenters. The van der Waals surface area contributed by atoms with Gasteiger partial charge in [-0.15, -0.1) is 0 Å². The van der Waals surface area contributed by atoms with Crippen molar-refractivity contribution in [2.75, 3.05) is 13.1 Å². The second kappa shape index (κ2) is 6.33. The molecule has 0 bridgehead atoms. The zero-order chi connectivity index (χ0) is 14.5. The lowest BCUT2D eigenvalue weighted by Gasteiger charge is -2.20. The standard InChI is InChI=1S/C12H21N5O2/c1-12(2,3)16-10(18)6-14-11(19)9-7-17(5-4-13)8-15-9/h7-8H,4-6,13H2,1-3H3,(H,14,19)(H,16,18). The second-order valence-corrected chi connectivity index (χ2v) is 5.27. The Labute approximate surface area is 112 Å². The zero-order valence-electron chi connectivity index (χ0n) is 11.6. The third-order valence-electron chi connectivity index (χ3n) is 2.18. The van der Waals surface area contributed by atoms with Crippen LogP contribution >= 0.6 is 0 Å². The van der Waals surface area contributed by atoms with Gasteiger partial charge in [0.15, 0.2) is 0 Å². The van der Waals surface area contributed by atoms with E-state index in [4.69, 9.17) is 5.73 Å². The van der Waals surface area contributed by atoms with Crippen molar-refractivity contribution in [2.24, 2.45) is 5.73 Å². The molecule has 0 aliphatic carbocycles. The molecular weight excluding hydrogens is 246 g/mol. The number of carbonyl (C=O) groups is 2. The molecule has 0 saturated heterocycles. The molecule has 0 radical (unpaired) electrons. The van der Waals surface area contributed by atoms with Gasteiger partial charge >= 0.3 is 0 Å². The summed E-state index contributed by atoms with van der Waals surface area (Å²) in [5, 5.41) is 5.27. The number of hydrogen-bond acceptors (Lipinski definition) is 4. The Morgan fingerprint density at radius 1 is 1.42 bits per heavy atom. The molecule has 0 spiro atoms. The smallest absolute Gasteiger partial charge is 0.271 e. The van der Waals surface area contributed by atoms with E-state index in [1.807, 2.05) is 20.8 Å². The first-order valence-corrected chi connectivity index (χ1v) is 6.13. The van der Waals surface area contributed by atoms with Crippen LogP contribution in [0.5, 0.6) is 0 Å². The maximum absolute atomic E-state index is 11.7. The van der Waals surface area contributed by atoms with Crippen molar-refractivity contribution in [3.8, 4) is 0 Å². The Balaban J connectivity index is 2.44. The lowest BCUT2D eigenvalue weighted by Crippen LogP contribution is -2.45. The number of aromatic nitrogens is 2.